The molecule has 3 aromatic rings. The fraction of sp³-hybridized carbons (Fsp3) is 0.391. The fourth-order valence-corrected chi connectivity index (χ4v) is 5.45. The van der Waals surface area contributed by atoms with Gasteiger partial charge in [0.2, 0.25) is 0 Å². The zero-order valence-electron chi connectivity index (χ0n) is 17.1. The average Bonchev–Trinajstić information content (AvgIpc) is 3.02. The summed E-state index contributed by atoms with van der Waals surface area (Å²) >= 11 is 12.2. The highest BCUT2D eigenvalue weighted by atomic mass is 35.5. The summed E-state index contributed by atoms with van der Waals surface area (Å²) in [5, 5.41) is 1.59. The van der Waals surface area contributed by atoms with E-state index in [2.05, 4.69) is 26.9 Å². The van der Waals surface area contributed by atoms with Gasteiger partial charge in [0.25, 0.3) is 5.56 Å². The van der Waals surface area contributed by atoms with Crippen molar-refractivity contribution in [2.45, 2.75) is 37.9 Å². The van der Waals surface area contributed by atoms with E-state index in [-0.39, 0.29) is 5.56 Å². The number of likely N-dealkylation sites (tertiary alicyclic amines) is 1. The molecule has 2 bridgehead atoms. The number of rotatable bonds is 5. The van der Waals surface area contributed by atoms with Crippen LogP contribution in [0, 0.1) is 0 Å². The van der Waals surface area contributed by atoms with Gasteiger partial charge in [0.15, 0.2) is 0 Å². The summed E-state index contributed by atoms with van der Waals surface area (Å²) in [5.74, 6) is 0. The number of anilines is 1. The van der Waals surface area contributed by atoms with E-state index >= 15 is 0 Å². The summed E-state index contributed by atoms with van der Waals surface area (Å²) in [6, 6.07) is 14.2. The van der Waals surface area contributed by atoms with Crippen LogP contribution in [0.3, 0.4) is 0 Å². The Morgan fingerprint density at radius 1 is 0.935 bits per heavy atom. The van der Waals surface area contributed by atoms with Crippen molar-refractivity contribution in [3.63, 3.8) is 0 Å². The number of aromatic amines is 1. The lowest BCUT2D eigenvalue weighted by Gasteiger charge is -2.42. The fourth-order valence-electron chi connectivity index (χ4n) is 5.10. The zero-order valence-corrected chi connectivity index (χ0v) is 18.6. The first-order valence-corrected chi connectivity index (χ1v) is 11.4. The van der Waals surface area contributed by atoms with Crippen LogP contribution in [0.25, 0.3) is 10.9 Å². The maximum Gasteiger partial charge on any atom is 0.328 e. The van der Waals surface area contributed by atoms with Gasteiger partial charge in [0.1, 0.15) is 0 Å². The molecule has 2 unspecified atom stereocenters. The molecule has 5 rings (SSSR count). The second kappa shape index (κ2) is 8.34. The predicted octanol–water partition coefficient (Wildman–Crippen LogP) is 3.74. The second-order valence-electron chi connectivity index (χ2n) is 8.43. The maximum atomic E-state index is 12.8. The number of hydrogen-bond donors (Lipinski definition) is 1. The van der Waals surface area contributed by atoms with E-state index in [9.17, 15) is 9.59 Å². The van der Waals surface area contributed by atoms with E-state index in [0.717, 1.165) is 31.1 Å². The third-order valence-corrected chi connectivity index (χ3v) is 7.07. The lowest BCUT2D eigenvalue weighted by molar-refractivity contribution is 0.213. The van der Waals surface area contributed by atoms with Crippen molar-refractivity contribution in [3.8, 4) is 0 Å². The molecule has 2 aromatic carbocycles. The molecule has 162 valence electrons. The zero-order chi connectivity index (χ0) is 21.5. The Kier molecular flexibility index (Phi) is 5.54. The van der Waals surface area contributed by atoms with Gasteiger partial charge in [-0.05, 0) is 55.7 Å². The molecular weight excluding hydrogens is 435 g/mol. The molecule has 2 atom stereocenters. The molecule has 6 nitrogen and oxygen atoms in total. The Hall–Kier alpha value is -2.28. The number of aromatic nitrogens is 2. The van der Waals surface area contributed by atoms with Gasteiger partial charge in [0, 0.05) is 49.0 Å². The van der Waals surface area contributed by atoms with Gasteiger partial charge in [-0.1, -0.05) is 29.3 Å². The number of piperazine rings is 1. The molecule has 2 aliphatic rings. The molecule has 1 aromatic heterocycles. The van der Waals surface area contributed by atoms with Gasteiger partial charge in [-0.2, -0.15) is 0 Å². The molecular formula is C23H24Cl2N4O2. The van der Waals surface area contributed by atoms with Gasteiger partial charge in [-0.25, -0.2) is 4.79 Å². The molecule has 0 aliphatic carbocycles. The summed E-state index contributed by atoms with van der Waals surface area (Å²) in [4.78, 5) is 33.0. The number of hydrogen-bond acceptors (Lipinski definition) is 4. The maximum absolute atomic E-state index is 12.8. The van der Waals surface area contributed by atoms with Crippen LogP contribution < -0.4 is 16.1 Å². The monoisotopic (exact) mass is 458 g/mol. The lowest BCUT2D eigenvalue weighted by atomic mass is 10.1. The van der Waals surface area contributed by atoms with Gasteiger partial charge < -0.3 is 9.88 Å². The average molecular weight is 459 g/mol. The van der Waals surface area contributed by atoms with Crippen LogP contribution in [0.5, 0.6) is 0 Å². The van der Waals surface area contributed by atoms with Crippen molar-refractivity contribution >= 4 is 39.8 Å². The molecule has 1 N–H and O–H groups in total. The first-order chi connectivity index (χ1) is 15.0. The predicted molar refractivity (Wildman–Crippen MR) is 126 cm³/mol. The van der Waals surface area contributed by atoms with Crippen molar-refractivity contribution in [3.05, 3.63) is 73.3 Å². The summed E-state index contributed by atoms with van der Waals surface area (Å²) in [7, 11) is 0. The highest BCUT2D eigenvalue weighted by Crippen LogP contribution is 2.35. The number of H-pyrrole nitrogens is 1. The summed E-state index contributed by atoms with van der Waals surface area (Å²) in [5.41, 5.74) is 0.960. The third kappa shape index (κ3) is 3.88. The topological polar surface area (TPSA) is 61.3 Å². The van der Waals surface area contributed by atoms with Crippen LogP contribution >= 0.6 is 23.2 Å². The van der Waals surface area contributed by atoms with Crippen LogP contribution in [0.1, 0.15) is 19.3 Å². The number of nitrogens with zero attached hydrogens (tertiary/aromatic N) is 3. The first-order valence-electron chi connectivity index (χ1n) is 10.7. The van der Waals surface area contributed by atoms with Crippen LogP contribution in [-0.4, -0.2) is 46.2 Å². The van der Waals surface area contributed by atoms with Crippen molar-refractivity contribution in [2.24, 2.45) is 0 Å². The second-order valence-corrected chi connectivity index (χ2v) is 9.27. The molecule has 2 aliphatic heterocycles. The third-order valence-electron chi connectivity index (χ3n) is 6.50. The Morgan fingerprint density at radius 3 is 2.35 bits per heavy atom. The molecule has 8 heteroatoms. The van der Waals surface area contributed by atoms with Crippen molar-refractivity contribution in [1.29, 1.82) is 0 Å². The van der Waals surface area contributed by atoms with E-state index in [0.29, 0.717) is 34.6 Å². The smallest absolute Gasteiger partial charge is 0.328 e. The highest BCUT2D eigenvalue weighted by Gasteiger charge is 2.39. The van der Waals surface area contributed by atoms with Crippen molar-refractivity contribution in [2.75, 3.05) is 24.5 Å². The van der Waals surface area contributed by atoms with E-state index < -0.39 is 5.69 Å². The van der Waals surface area contributed by atoms with Crippen LogP contribution in [-0.2, 0) is 6.54 Å². The number of halogens is 2. The summed E-state index contributed by atoms with van der Waals surface area (Å²) in [6.07, 6.45) is 3.12. The summed E-state index contributed by atoms with van der Waals surface area (Å²) < 4.78 is 1.29. The van der Waals surface area contributed by atoms with Gasteiger partial charge in [0.05, 0.1) is 15.9 Å². The molecule has 0 saturated carbocycles. The quantitative estimate of drug-likeness (QED) is 0.632. The Morgan fingerprint density at radius 2 is 1.65 bits per heavy atom. The molecule has 31 heavy (non-hydrogen) atoms. The standard InChI is InChI=1S/C23H24Cl2N4O2/c24-15-5-7-16(8-6-15)29-17-9-10-18(29)14-27(13-17)11-2-12-28-22(30)19-3-1-4-20(25)21(19)26-23(28)31/h1,3-8,17-18H,2,9-14H2,(H,26,31). The molecule has 3 heterocycles. The number of benzene rings is 2. The van der Waals surface area contributed by atoms with E-state index in [1.165, 1.54) is 23.1 Å². The first kappa shape index (κ1) is 20.6. The minimum atomic E-state index is -0.404. The number of fused-ring (bicyclic) bond motifs is 3. The van der Waals surface area contributed by atoms with E-state index in [1.807, 2.05) is 12.1 Å². The van der Waals surface area contributed by atoms with E-state index in [4.69, 9.17) is 23.2 Å². The van der Waals surface area contributed by atoms with Gasteiger partial charge in [-0.15, -0.1) is 0 Å². The van der Waals surface area contributed by atoms with Crippen molar-refractivity contribution < 1.29 is 0 Å². The van der Waals surface area contributed by atoms with Crippen LogP contribution in [0.2, 0.25) is 10.0 Å². The van der Waals surface area contributed by atoms with Gasteiger partial charge >= 0.3 is 5.69 Å². The largest absolute Gasteiger partial charge is 0.363 e. The molecule has 2 saturated heterocycles. The number of nitrogens with one attached hydrogen (secondary N) is 1. The molecule has 0 radical (unpaired) electrons. The Labute approximate surface area is 190 Å². The van der Waals surface area contributed by atoms with Gasteiger partial charge in [-0.3, -0.25) is 14.3 Å². The van der Waals surface area contributed by atoms with Crippen LogP contribution in [0.4, 0.5) is 5.69 Å². The van der Waals surface area contributed by atoms with Crippen molar-refractivity contribution in [1.82, 2.24) is 14.5 Å². The Balaban J connectivity index is 1.25. The SMILES string of the molecule is O=c1[nH]c2c(Cl)cccc2c(=O)n1CCCN1CC2CCC(C1)N2c1ccc(Cl)cc1. The minimum absolute atomic E-state index is 0.283. The molecule has 0 amide bonds. The number of para-hydroxylation sites is 1. The normalized spacial score (nSPS) is 21.2. The highest BCUT2D eigenvalue weighted by molar-refractivity contribution is 6.34. The summed E-state index contributed by atoms with van der Waals surface area (Å²) in [6.45, 7) is 3.25. The minimum Gasteiger partial charge on any atom is -0.363 e. The van der Waals surface area contributed by atoms with E-state index in [1.54, 1.807) is 18.2 Å². The Bertz CT molecular complexity index is 1210. The van der Waals surface area contributed by atoms with Crippen LogP contribution in [0.15, 0.2) is 52.1 Å². The molecule has 0 spiro atoms. The molecule has 2 fully saturated rings. The lowest BCUT2D eigenvalue weighted by Crippen LogP contribution is -2.54.